The average molecular weight is 291 g/mol. The van der Waals surface area contributed by atoms with Gasteiger partial charge in [0.05, 0.1) is 13.2 Å². The zero-order valence-electron chi connectivity index (χ0n) is 12.2. The van der Waals surface area contributed by atoms with Crippen LogP contribution in [0.4, 0.5) is 11.4 Å². The fourth-order valence-electron chi connectivity index (χ4n) is 2.28. The highest BCUT2D eigenvalue weighted by Gasteiger charge is 2.16. The van der Waals surface area contributed by atoms with Crippen molar-refractivity contribution in [3.63, 3.8) is 0 Å². The summed E-state index contributed by atoms with van der Waals surface area (Å²) in [7, 11) is 0. The van der Waals surface area contributed by atoms with Gasteiger partial charge in [-0.1, -0.05) is 0 Å². The third-order valence-corrected chi connectivity index (χ3v) is 3.46. The maximum absolute atomic E-state index is 12.0. The van der Waals surface area contributed by atoms with Crippen LogP contribution in [-0.4, -0.2) is 49.4 Å². The highest BCUT2D eigenvalue weighted by Crippen LogP contribution is 2.18. The molecule has 6 heteroatoms. The van der Waals surface area contributed by atoms with Crippen molar-refractivity contribution < 1.29 is 14.3 Å². The van der Waals surface area contributed by atoms with E-state index >= 15 is 0 Å². The number of Topliss-reactive ketones (excluding diaryl/α,β-unsaturated/α-hetero) is 1. The van der Waals surface area contributed by atoms with Crippen LogP contribution in [0.3, 0.4) is 0 Å². The maximum atomic E-state index is 12.0. The minimum Gasteiger partial charge on any atom is -0.398 e. The smallest absolute Gasteiger partial charge is 0.224 e. The van der Waals surface area contributed by atoms with Crippen molar-refractivity contribution >= 4 is 23.1 Å². The molecule has 0 aromatic heterocycles. The third kappa shape index (κ3) is 4.19. The van der Waals surface area contributed by atoms with Crippen LogP contribution in [0.5, 0.6) is 0 Å². The molecule has 1 aliphatic rings. The molecule has 114 valence electrons. The van der Waals surface area contributed by atoms with Crippen LogP contribution in [-0.2, 0) is 9.53 Å². The summed E-state index contributed by atoms with van der Waals surface area (Å²) in [5, 5.41) is 3.15. The molecule has 0 unspecified atom stereocenters. The highest BCUT2D eigenvalue weighted by atomic mass is 16.5. The summed E-state index contributed by atoms with van der Waals surface area (Å²) in [6.45, 7) is 4.58. The first-order chi connectivity index (χ1) is 10.1. The number of carbonyl (C=O) groups excluding carboxylic acids is 2. The molecule has 0 aliphatic carbocycles. The van der Waals surface area contributed by atoms with E-state index in [1.165, 1.54) is 6.92 Å². The van der Waals surface area contributed by atoms with E-state index < -0.39 is 0 Å². The third-order valence-electron chi connectivity index (χ3n) is 3.46. The van der Waals surface area contributed by atoms with E-state index in [9.17, 15) is 9.59 Å². The molecule has 1 saturated heterocycles. The Balaban J connectivity index is 1.81. The second kappa shape index (κ2) is 7.08. The first kappa shape index (κ1) is 15.3. The molecule has 1 aromatic rings. The number of hydrogen-bond acceptors (Lipinski definition) is 5. The van der Waals surface area contributed by atoms with Gasteiger partial charge in [0.25, 0.3) is 0 Å². The van der Waals surface area contributed by atoms with Crippen LogP contribution in [0.1, 0.15) is 23.7 Å². The summed E-state index contributed by atoms with van der Waals surface area (Å²) in [4.78, 5) is 25.1. The van der Waals surface area contributed by atoms with Crippen LogP contribution in [0.2, 0.25) is 0 Å². The van der Waals surface area contributed by atoms with Gasteiger partial charge in [0.1, 0.15) is 0 Å². The Labute approximate surface area is 124 Å². The van der Waals surface area contributed by atoms with Crippen molar-refractivity contribution in [2.75, 3.05) is 43.9 Å². The minimum absolute atomic E-state index is 0.0541. The molecule has 1 aliphatic heterocycles. The van der Waals surface area contributed by atoms with Gasteiger partial charge in [0.2, 0.25) is 5.91 Å². The van der Waals surface area contributed by atoms with Crippen LogP contribution in [0.25, 0.3) is 0 Å². The molecule has 0 radical (unpaired) electrons. The van der Waals surface area contributed by atoms with Gasteiger partial charge in [-0.15, -0.1) is 0 Å². The molecule has 21 heavy (non-hydrogen) atoms. The Hall–Kier alpha value is -2.08. The molecule has 0 saturated carbocycles. The van der Waals surface area contributed by atoms with E-state index in [0.717, 1.165) is 5.69 Å². The van der Waals surface area contributed by atoms with Crippen molar-refractivity contribution in [3.8, 4) is 0 Å². The van der Waals surface area contributed by atoms with Gasteiger partial charge >= 0.3 is 0 Å². The summed E-state index contributed by atoms with van der Waals surface area (Å²) >= 11 is 0. The lowest BCUT2D eigenvalue weighted by atomic mass is 10.1. The lowest BCUT2D eigenvalue weighted by Gasteiger charge is -2.26. The Morgan fingerprint density at radius 3 is 2.67 bits per heavy atom. The summed E-state index contributed by atoms with van der Waals surface area (Å²) in [5.74, 6) is 0.0701. The number of hydrogen-bond donors (Lipinski definition) is 2. The quantitative estimate of drug-likeness (QED) is 0.627. The summed E-state index contributed by atoms with van der Waals surface area (Å²) in [5.41, 5.74) is 7.60. The zero-order chi connectivity index (χ0) is 15.2. The van der Waals surface area contributed by atoms with E-state index in [2.05, 4.69) is 5.32 Å². The Morgan fingerprint density at radius 1 is 1.33 bits per heavy atom. The lowest BCUT2D eigenvalue weighted by molar-refractivity contribution is -0.134. The zero-order valence-corrected chi connectivity index (χ0v) is 12.2. The standard InChI is InChI=1S/C15H21N3O3/c1-11(19)13-3-2-12(10-14(13)16)17-5-4-15(20)18-6-8-21-9-7-18/h2-3,10,17H,4-9,16H2,1H3. The van der Waals surface area contributed by atoms with Gasteiger partial charge in [0.15, 0.2) is 5.78 Å². The molecule has 0 spiro atoms. The Kier molecular flexibility index (Phi) is 5.16. The maximum Gasteiger partial charge on any atom is 0.224 e. The number of rotatable bonds is 5. The number of nitrogens with two attached hydrogens (primary N) is 1. The molecule has 0 bridgehead atoms. The number of amides is 1. The van der Waals surface area contributed by atoms with Crippen LogP contribution in [0.15, 0.2) is 18.2 Å². The predicted octanol–water partition coefficient (Wildman–Crippen LogP) is 1.13. The molecule has 0 atom stereocenters. The molecule has 1 amide bonds. The number of nitrogens with one attached hydrogen (secondary N) is 1. The molecule has 2 rings (SSSR count). The van der Waals surface area contributed by atoms with E-state index in [1.807, 2.05) is 4.90 Å². The summed E-state index contributed by atoms with van der Waals surface area (Å²) < 4.78 is 5.22. The number of anilines is 2. The van der Waals surface area contributed by atoms with E-state index in [-0.39, 0.29) is 11.7 Å². The molecular formula is C15H21N3O3. The topological polar surface area (TPSA) is 84.7 Å². The number of nitrogens with zero attached hydrogens (tertiary/aromatic N) is 1. The van der Waals surface area contributed by atoms with Gasteiger partial charge in [-0.05, 0) is 25.1 Å². The Bertz CT molecular complexity index is 525. The van der Waals surface area contributed by atoms with Crippen LogP contribution < -0.4 is 11.1 Å². The minimum atomic E-state index is -0.0541. The van der Waals surface area contributed by atoms with Crippen molar-refractivity contribution in [2.24, 2.45) is 0 Å². The van der Waals surface area contributed by atoms with E-state index in [0.29, 0.717) is 50.5 Å². The first-order valence-corrected chi connectivity index (χ1v) is 7.08. The molecule has 1 heterocycles. The van der Waals surface area contributed by atoms with Crippen LogP contribution in [0, 0.1) is 0 Å². The highest BCUT2D eigenvalue weighted by molar-refractivity contribution is 5.99. The number of ether oxygens (including phenoxy) is 1. The fourth-order valence-corrected chi connectivity index (χ4v) is 2.28. The van der Waals surface area contributed by atoms with Crippen molar-refractivity contribution in [2.45, 2.75) is 13.3 Å². The lowest BCUT2D eigenvalue weighted by Crippen LogP contribution is -2.41. The van der Waals surface area contributed by atoms with Crippen molar-refractivity contribution in [1.82, 2.24) is 4.90 Å². The molecule has 3 N–H and O–H groups in total. The number of carbonyl (C=O) groups is 2. The van der Waals surface area contributed by atoms with Crippen molar-refractivity contribution in [3.05, 3.63) is 23.8 Å². The number of benzene rings is 1. The van der Waals surface area contributed by atoms with Crippen molar-refractivity contribution in [1.29, 1.82) is 0 Å². The first-order valence-electron chi connectivity index (χ1n) is 7.08. The number of morpholine rings is 1. The van der Waals surface area contributed by atoms with Gasteiger partial charge in [-0.25, -0.2) is 0 Å². The Morgan fingerprint density at radius 2 is 2.05 bits per heavy atom. The van der Waals surface area contributed by atoms with Gasteiger partial charge in [-0.3, -0.25) is 9.59 Å². The van der Waals surface area contributed by atoms with E-state index in [1.54, 1.807) is 18.2 Å². The SMILES string of the molecule is CC(=O)c1ccc(NCCC(=O)N2CCOCC2)cc1N. The van der Waals surface area contributed by atoms with Gasteiger partial charge in [-0.2, -0.15) is 0 Å². The molecular weight excluding hydrogens is 270 g/mol. The molecule has 1 fully saturated rings. The summed E-state index contributed by atoms with van der Waals surface area (Å²) in [6, 6.07) is 5.21. The molecule has 6 nitrogen and oxygen atoms in total. The van der Waals surface area contributed by atoms with Gasteiger partial charge < -0.3 is 20.7 Å². The average Bonchev–Trinajstić information content (AvgIpc) is 2.47. The second-order valence-electron chi connectivity index (χ2n) is 5.03. The van der Waals surface area contributed by atoms with Gasteiger partial charge in [0, 0.05) is 43.0 Å². The molecule has 1 aromatic carbocycles. The number of nitrogen functional groups attached to an aromatic ring is 1. The predicted molar refractivity (Wildman–Crippen MR) is 81.4 cm³/mol. The largest absolute Gasteiger partial charge is 0.398 e. The summed E-state index contributed by atoms with van der Waals surface area (Å²) in [6.07, 6.45) is 0.425. The van der Waals surface area contributed by atoms with E-state index in [4.69, 9.17) is 10.5 Å². The second-order valence-corrected chi connectivity index (χ2v) is 5.03. The monoisotopic (exact) mass is 291 g/mol. The number of ketones is 1. The fraction of sp³-hybridized carbons (Fsp3) is 0.467. The normalized spacial score (nSPS) is 14.8. The van der Waals surface area contributed by atoms with Crippen LogP contribution >= 0.6 is 0 Å².